The molecule has 0 fully saturated rings. The molecule has 1 atom stereocenters. The van der Waals surface area contributed by atoms with Crippen LogP contribution in [0.5, 0.6) is 0 Å². The molecule has 1 aromatic carbocycles. The van der Waals surface area contributed by atoms with Gasteiger partial charge in [-0.15, -0.1) is 0 Å². The number of carbonyl (C=O) groups excluding carboxylic acids is 1. The number of amides is 1. The van der Waals surface area contributed by atoms with E-state index >= 15 is 0 Å². The molecule has 110 valence electrons. The average molecular weight is 352 g/mol. The number of hydrogen-bond acceptors (Lipinski definition) is 4. The third-order valence-electron chi connectivity index (χ3n) is 2.94. The zero-order valence-electron chi connectivity index (χ0n) is 11.0. The molecule has 6 nitrogen and oxygen atoms in total. The summed E-state index contributed by atoms with van der Waals surface area (Å²) in [7, 11) is 0. The smallest absolute Gasteiger partial charge is 0.303 e. The second-order valence-electron chi connectivity index (χ2n) is 4.56. The Bertz CT molecular complexity index is 690. The van der Waals surface area contributed by atoms with E-state index in [-0.39, 0.29) is 12.8 Å². The number of hydrogen-bond donors (Lipinski definition) is 3. The zero-order chi connectivity index (χ0) is 15.4. The maximum Gasteiger partial charge on any atom is 0.303 e. The van der Waals surface area contributed by atoms with Gasteiger partial charge in [-0.3, -0.25) is 14.6 Å². The van der Waals surface area contributed by atoms with Crippen LogP contribution in [0.3, 0.4) is 0 Å². The summed E-state index contributed by atoms with van der Waals surface area (Å²) < 4.78 is 0.844. The van der Waals surface area contributed by atoms with Gasteiger partial charge in [-0.2, -0.15) is 0 Å². The molecule has 1 heterocycles. The molecule has 0 aliphatic rings. The monoisotopic (exact) mass is 351 g/mol. The summed E-state index contributed by atoms with van der Waals surface area (Å²) in [6.45, 7) is 0. The molecule has 1 unspecified atom stereocenters. The molecular weight excluding hydrogens is 338 g/mol. The minimum Gasteiger partial charge on any atom is -0.481 e. The standard InChI is InChI=1S/C14H14BrN3O3/c15-9-6-8-2-1-3-11(13(8)17-7-9)18-14(21)10(16)4-5-12(19)20/h1-3,6-7,10H,4-5,16H2,(H,18,21)(H,19,20). The van der Waals surface area contributed by atoms with Crippen LogP contribution in [0.15, 0.2) is 34.9 Å². The van der Waals surface area contributed by atoms with Crippen LogP contribution in [-0.2, 0) is 9.59 Å². The lowest BCUT2D eigenvalue weighted by atomic mass is 10.1. The first-order valence-corrected chi connectivity index (χ1v) is 7.09. The van der Waals surface area contributed by atoms with Crippen molar-refractivity contribution in [1.29, 1.82) is 0 Å². The van der Waals surface area contributed by atoms with Crippen LogP contribution in [0.1, 0.15) is 12.8 Å². The van der Waals surface area contributed by atoms with E-state index in [1.807, 2.05) is 12.1 Å². The van der Waals surface area contributed by atoms with E-state index in [1.54, 1.807) is 18.3 Å². The average Bonchev–Trinajstić information content (AvgIpc) is 2.44. The van der Waals surface area contributed by atoms with Gasteiger partial charge in [0.15, 0.2) is 0 Å². The number of rotatable bonds is 5. The van der Waals surface area contributed by atoms with Crippen LogP contribution in [0.25, 0.3) is 10.9 Å². The van der Waals surface area contributed by atoms with Crippen molar-refractivity contribution in [3.8, 4) is 0 Å². The number of anilines is 1. The highest BCUT2D eigenvalue weighted by Crippen LogP contribution is 2.24. The first-order chi connectivity index (χ1) is 9.97. The molecule has 0 spiro atoms. The van der Waals surface area contributed by atoms with E-state index in [2.05, 4.69) is 26.2 Å². The number of aliphatic carboxylic acids is 1. The predicted octanol–water partition coefficient (Wildman–Crippen LogP) is 2.13. The summed E-state index contributed by atoms with van der Waals surface area (Å²) in [5, 5.41) is 12.2. The minimum absolute atomic E-state index is 0.0882. The molecule has 7 heteroatoms. The van der Waals surface area contributed by atoms with Gasteiger partial charge in [0.2, 0.25) is 5.91 Å². The second-order valence-corrected chi connectivity index (χ2v) is 5.47. The van der Waals surface area contributed by atoms with Crippen molar-refractivity contribution in [2.24, 2.45) is 5.73 Å². The molecule has 0 aliphatic carbocycles. The fourth-order valence-corrected chi connectivity index (χ4v) is 2.22. The molecule has 1 amide bonds. The van der Waals surface area contributed by atoms with Crippen LogP contribution in [0.2, 0.25) is 0 Å². The Morgan fingerprint density at radius 3 is 2.90 bits per heavy atom. The summed E-state index contributed by atoms with van der Waals surface area (Å²) >= 11 is 3.34. The van der Waals surface area contributed by atoms with Gasteiger partial charge < -0.3 is 16.2 Å². The number of benzene rings is 1. The lowest BCUT2D eigenvalue weighted by molar-refractivity contribution is -0.137. The van der Waals surface area contributed by atoms with Crippen LogP contribution < -0.4 is 11.1 Å². The maximum absolute atomic E-state index is 12.0. The van der Waals surface area contributed by atoms with Crippen molar-refractivity contribution in [1.82, 2.24) is 4.98 Å². The van der Waals surface area contributed by atoms with E-state index in [0.717, 1.165) is 9.86 Å². The van der Waals surface area contributed by atoms with Crippen LogP contribution in [0, 0.1) is 0 Å². The summed E-state index contributed by atoms with van der Waals surface area (Å²) in [6.07, 6.45) is 1.59. The number of nitrogens with zero attached hydrogens (tertiary/aromatic N) is 1. The Kier molecular flexibility index (Phi) is 4.87. The van der Waals surface area contributed by atoms with Gasteiger partial charge in [-0.05, 0) is 34.5 Å². The topological polar surface area (TPSA) is 105 Å². The minimum atomic E-state index is -0.977. The van der Waals surface area contributed by atoms with E-state index in [4.69, 9.17) is 10.8 Å². The Hall–Kier alpha value is -1.99. The Morgan fingerprint density at radius 2 is 2.19 bits per heavy atom. The van der Waals surface area contributed by atoms with Crippen molar-refractivity contribution in [3.63, 3.8) is 0 Å². The maximum atomic E-state index is 12.0. The van der Waals surface area contributed by atoms with E-state index in [0.29, 0.717) is 11.2 Å². The number of aromatic nitrogens is 1. The first kappa shape index (κ1) is 15.4. The number of nitrogens with one attached hydrogen (secondary N) is 1. The second kappa shape index (κ2) is 6.64. The fourth-order valence-electron chi connectivity index (χ4n) is 1.87. The van der Waals surface area contributed by atoms with Crippen molar-refractivity contribution in [2.75, 3.05) is 5.32 Å². The summed E-state index contributed by atoms with van der Waals surface area (Å²) in [6, 6.07) is 6.43. The number of pyridine rings is 1. The lowest BCUT2D eigenvalue weighted by Gasteiger charge is -2.12. The number of fused-ring (bicyclic) bond motifs is 1. The van der Waals surface area contributed by atoms with Gasteiger partial charge in [0.25, 0.3) is 0 Å². The SMILES string of the molecule is NC(CCC(=O)O)C(=O)Nc1cccc2cc(Br)cnc12. The third-order valence-corrected chi connectivity index (χ3v) is 3.38. The molecule has 2 aromatic rings. The van der Waals surface area contributed by atoms with Crippen LogP contribution in [-0.4, -0.2) is 28.0 Å². The van der Waals surface area contributed by atoms with Gasteiger partial charge in [-0.1, -0.05) is 12.1 Å². The Labute approximate surface area is 129 Å². The fraction of sp³-hybridized carbons (Fsp3) is 0.214. The van der Waals surface area contributed by atoms with E-state index in [9.17, 15) is 9.59 Å². The zero-order valence-corrected chi connectivity index (χ0v) is 12.6. The quantitative estimate of drug-likeness (QED) is 0.765. The molecule has 21 heavy (non-hydrogen) atoms. The lowest BCUT2D eigenvalue weighted by Crippen LogP contribution is -2.36. The van der Waals surface area contributed by atoms with Crippen LogP contribution >= 0.6 is 15.9 Å². The number of carbonyl (C=O) groups is 2. The van der Waals surface area contributed by atoms with Gasteiger partial charge in [-0.25, -0.2) is 0 Å². The largest absolute Gasteiger partial charge is 0.481 e. The van der Waals surface area contributed by atoms with Gasteiger partial charge in [0.05, 0.1) is 17.2 Å². The van der Waals surface area contributed by atoms with Crippen molar-refractivity contribution in [3.05, 3.63) is 34.9 Å². The number of carboxylic acids is 1. The highest BCUT2D eigenvalue weighted by atomic mass is 79.9. The molecule has 0 saturated carbocycles. The summed E-state index contributed by atoms with van der Waals surface area (Å²) in [5.41, 5.74) is 6.88. The normalized spacial score (nSPS) is 12.1. The molecule has 4 N–H and O–H groups in total. The number of nitrogens with two attached hydrogens (primary N) is 1. The Morgan fingerprint density at radius 1 is 1.43 bits per heavy atom. The molecule has 0 radical (unpaired) electrons. The van der Waals surface area contributed by atoms with Gasteiger partial charge in [0.1, 0.15) is 0 Å². The molecule has 1 aromatic heterocycles. The third kappa shape index (κ3) is 3.99. The molecule has 0 bridgehead atoms. The summed E-state index contributed by atoms with van der Waals surface area (Å²) in [5.74, 6) is -1.40. The number of para-hydroxylation sites is 1. The summed E-state index contributed by atoms with van der Waals surface area (Å²) in [4.78, 5) is 26.7. The van der Waals surface area contributed by atoms with E-state index < -0.39 is 17.9 Å². The van der Waals surface area contributed by atoms with Crippen molar-refractivity contribution in [2.45, 2.75) is 18.9 Å². The molecule has 0 aliphatic heterocycles. The number of carboxylic acid groups (broad SMARTS) is 1. The van der Waals surface area contributed by atoms with Crippen molar-refractivity contribution < 1.29 is 14.7 Å². The number of halogens is 1. The molecule has 2 rings (SSSR count). The first-order valence-electron chi connectivity index (χ1n) is 6.30. The van der Waals surface area contributed by atoms with E-state index in [1.165, 1.54) is 0 Å². The predicted molar refractivity (Wildman–Crippen MR) is 82.9 cm³/mol. The van der Waals surface area contributed by atoms with Gasteiger partial charge >= 0.3 is 5.97 Å². The highest BCUT2D eigenvalue weighted by Gasteiger charge is 2.16. The molecular formula is C14H14BrN3O3. The van der Waals surface area contributed by atoms with Crippen LogP contribution in [0.4, 0.5) is 5.69 Å². The Balaban J connectivity index is 2.16. The highest BCUT2D eigenvalue weighted by molar-refractivity contribution is 9.10. The van der Waals surface area contributed by atoms with Gasteiger partial charge in [0, 0.05) is 22.5 Å². The molecule has 0 saturated heterocycles. The van der Waals surface area contributed by atoms with Crippen molar-refractivity contribution >= 4 is 44.4 Å².